The van der Waals surface area contributed by atoms with Crippen LogP contribution in [0.2, 0.25) is 5.02 Å². The minimum Gasteiger partial charge on any atom is -0.481 e. The molecule has 0 spiro atoms. The van der Waals surface area contributed by atoms with Gasteiger partial charge in [0.25, 0.3) is 0 Å². The maximum absolute atomic E-state index is 6.09. The molecule has 22 heavy (non-hydrogen) atoms. The number of hydrogen-bond donors (Lipinski definition) is 0. The summed E-state index contributed by atoms with van der Waals surface area (Å²) in [5.74, 6) is 1.56. The van der Waals surface area contributed by atoms with Crippen LogP contribution >= 0.6 is 11.6 Å². The quantitative estimate of drug-likeness (QED) is 0.732. The van der Waals surface area contributed by atoms with Crippen LogP contribution in [-0.4, -0.2) is 21.6 Å². The SMILES string of the molecule is COc1ncc(Cn2ccnc2C)cc1-c1cccc(Cl)c1. The normalized spacial score (nSPS) is 10.7. The Morgan fingerprint density at radius 1 is 1.23 bits per heavy atom. The van der Waals surface area contributed by atoms with Crippen LogP contribution in [0.4, 0.5) is 0 Å². The largest absolute Gasteiger partial charge is 0.481 e. The van der Waals surface area contributed by atoms with Crippen molar-refractivity contribution in [3.8, 4) is 17.0 Å². The van der Waals surface area contributed by atoms with Gasteiger partial charge < -0.3 is 9.30 Å². The van der Waals surface area contributed by atoms with E-state index in [4.69, 9.17) is 16.3 Å². The Labute approximate surface area is 134 Å². The summed E-state index contributed by atoms with van der Waals surface area (Å²) in [5, 5.41) is 0.690. The van der Waals surface area contributed by atoms with Gasteiger partial charge in [-0.15, -0.1) is 0 Å². The number of ether oxygens (including phenoxy) is 1. The third-order valence-corrected chi connectivity index (χ3v) is 3.75. The lowest BCUT2D eigenvalue weighted by Crippen LogP contribution is -2.02. The molecule has 0 atom stereocenters. The van der Waals surface area contributed by atoms with E-state index >= 15 is 0 Å². The van der Waals surface area contributed by atoms with E-state index in [9.17, 15) is 0 Å². The fourth-order valence-corrected chi connectivity index (χ4v) is 2.57. The highest BCUT2D eigenvalue weighted by Gasteiger charge is 2.10. The summed E-state index contributed by atoms with van der Waals surface area (Å²) in [6, 6.07) is 9.76. The molecular formula is C17H16ClN3O. The van der Waals surface area contributed by atoms with Gasteiger partial charge in [0, 0.05) is 29.2 Å². The zero-order valence-corrected chi connectivity index (χ0v) is 13.2. The van der Waals surface area contributed by atoms with E-state index in [1.807, 2.05) is 43.6 Å². The first-order valence-corrected chi connectivity index (χ1v) is 7.32. The Morgan fingerprint density at radius 2 is 2.09 bits per heavy atom. The summed E-state index contributed by atoms with van der Waals surface area (Å²) in [7, 11) is 1.62. The highest BCUT2D eigenvalue weighted by atomic mass is 35.5. The third kappa shape index (κ3) is 2.97. The summed E-state index contributed by atoms with van der Waals surface area (Å²) in [4.78, 5) is 8.65. The van der Waals surface area contributed by atoms with Gasteiger partial charge in [0.05, 0.1) is 13.7 Å². The van der Waals surface area contributed by atoms with Gasteiger partial charge in [-0.05, 0) is 36.2 Å². The first-order chi connectivity index (χ1) is 10.7. The smallest absolute Gasteiger partial charge is 0.221 e. The van der Waals surface area contributed by atoms with Crippen LogP contribution in [0, 0.1) is 6.92 Å². The van der Waals surface area contributed by atoms with Gasteiger partial charge in [0.1, 0.15) is 5.82 Å². The van der Waals surface area contributed by atoms with Crippen molar-refractivity contribution >= 4 is 11.6 Å². The molecule has 5 heteroatoms. The van der Waals surface area contributed by atoms with Crippen molar-refractivity contribution in [1.82, 2.24) is 14.5 Å². The molecule has 112 valence electrons. The Bertz CT molecular complexity index is 798. The molecular weight excluding hydrogens is 298 g/mol. The fraction of sp³-hybridized carbons (Fsp3) is 0.176. The molecule has 3 aromatic rings. The molecule has 1 aromatic carbocycles. The Kier molecular flexibility index (Phi) is 4.11. The third-order valence-electron chi connectivity index (χ3n) is 3.51. The lowest BCUT2D eigenvalue weighted by Gasteiger charge is -2.11. The lowest BCUT2D eigenvalue weighted by atomic mass is 10.1. The molecule has 0 aliphatic carbocycles. The first-order valence-electron chi connectivity index (χ1n) is 6.94. The summed E-state index contributed by atoms with van der Waals surface area (Å²) in [6.07, 6.45) is 5.58. The van der Waals surface area contributed by atoms with Crippen LogP contribution in [0.15, 0.2) is 48.9 Å². The summed E-state index contributed by atoms with van der Waals surface area (Å²) in [6.45, 7) is 2.70. The van der Waals surface area contributed by atoms with Crippen molar-refractivity contribution in [2.75, 3.05) is 7.11 Å². The zero-order valence-electron chi connectivity index (χ0n) is 12.5. The maximum Gasteiger partial charge on any atom is 0.221 e. The minimum absolute atomic E-state index is 0.591. The summed E-state index contributed by atoms with van der Waals surface area (Å²) in [5.41, 5.74) is 3.00. The summed E-state index contributed by atoms with van der Waals surface area (Å²) >= 11 is 6.09. The van der Waals surface area contributed by atoms with Crippen LogP contribution in [0.5, 0.6) is 5.88 Å². The fourth-order valence-electron chi connectivity index (χ4n) is 2.37. The number of hydrogen-bond acceptors (Lipinski definition) is 3. The number of nitrogens with zero attached hydrogens (tertiary/aromatic N) is 3. The molecule has 0 N–H and O–H groups in total. The van der Waals surface area contributed by atoms with Gasteiger partial charge >= 0.3 is 0 Å². The van der Waals surface area contributed by atoms with Crippen molar-refractivity contribution in [2.24, 2.45) is 0 Å². The molecule has 2 aromatic heterocycles. The van der Waals surface area contributed by atoms with E-state index < -0.39 is 0 Å². The second-order valence-electron chi connectivity index (χ2n) is 5.01. The number of aryl methyl sites for hydroxylation is 1. The number of imidazole rings is 1. The van der Waals surface area contributed by atoms with Crippen LogP contribution < -0.4 is 4.74 Å². The summed E-state index contributed by atoms with van der Waals surface area (Å²) < 4.78 is 7.45. The van der Waals surface area contributed by atoms with Gasteiger partial charge in [0.15, 0.2) is 0 Å². The Morgan fingerprint density at radius 3 is 2.77 bits per heavy atom. The van der Waals surface area contributed by atoms with Crippen molar-refractivity contribution in [2.45, 2.75) is 13.5 Å². The first kappa shape index (κ1) is 14.6. The average molecular weight is 314 g/mol. The molecule has 0 saturated carbocycles. The van der Waals surface area contributed by atoms with Gasteiger partial charge in [-0.3, -0.25) is 0 Å². The topological polar surface area (TPSA) is 39.9 Å². The van der Waals surface area contributed by atoms with Gasteiger partial charge in [0.2, 0.25) is 5.88 Å². The number of methoxy groups -OCH3 is 1. The van der Waals surface area contributed by atoms with Crippen molar-refractivity contribution in [3.63, 3.8) is 0 Å². The van der Waals surface area contributed by atoms with Crippen molar-refractivity contribution in [3.05, 3.63) is 65.3 Å². The van der Waals surface area contributed by atoms with Crippen LogP contribution in [0.3, 0.4) is 0 Å². The van der Waals surface area contributed by atoms with E-state index in [1.165, 1.54) is 0 Å². The molecule has 3 rings (SSSR count). The Hall–Kier alpha value is -2.33. The molecule has 0 saturated heterocycles. The van der Waals surface area contributed by atoms with Gasteiger partial charge in [-0.1, -0.05) is 23.7 Å². The van der Waals surface area contributed by atoms with Crippen LogP contribution in [0.1, 0.15) is 11.4 Å². The minimum atomic E-state index is 0.591. The lowest BCUT2D eigenvalue weighted by molar-refractivity contribution is 0.399. The molecule has 0 aliphatic rings. The van der Waals surface area contributed by atoms with Crippen molar-refractivity contribution < 1.29 is 4.74 Å². The molecule has 0 bridgehead atoms. The molecule has 0 amide bonds. The molecule has 4 nitrogen and oxygen atoms in total. The number of halogens is 1. The predicted molar refractivity (Wildman–Crippen MR) is 87.3 cm³/mol. The van der Waals surface area contributed by atoms with Crippen LogP contribution in [-0.2, 0) is 6.54 Å². The maximum atomic E-state index is 6.09. The van der Waals surface area contributed by atoms with E-state index in [-0.39, 0.29) is 0 Å². The van der Waals surface area contributed by atoms with E-state index in [0.717, 1.165) is 29.1 Å². The van der Waals surface area contributed by atoms with E-state index in [2.05, 4.69) is 20.6 Å². The van der Waals surface area contributed by atoms with E-state index in [1.54, 1.807) is 13.3 Å². The molecule has 2 heterocycles. The highest BCUT2D eigenvalue weighted by molar-refractivity contribution is 6.30. The van der Waals surface area contributed by atoms with Gasteiger partial charge in [-0.2, -0.15) is 0 Å². The van der Waals surface area contributed by atoms with Crippen molar-refractivity contribution in [1.29, 1.82) is 0 Å². The number of benzene rings is 1. The number of aromatic nitrogens is 3. The number of pyridine rings is 1. The number of rotatable bonds is 4. The predicted octanol–water partition coefficient (Wildman–Crippen LogP) is 3.96. The molecule has 0 radical (unpaired) electrons. The average Bonchev–Trinajstić information content (AvgIpc) is 2.92. The monoisotopic (exact) mass is 313 g/mol. The van der Waals surface area contributed by atoms with Gasteiger partial charge in [-0.25, -0.2) is 9.97 Å². The molecule has 0 aliphatic heterocycles. The zero-order chi connectivity index (χ0) is 15.5. The highest BCUT2D eigenvalue weighted by Crippen LogP contribution is 2.30. The second-order valence-corrected chi connectivity index (χ2v) is 5.45. The standard InChI is InChI=1S/C17H16ClN3O/c1-12-19-6-7-21(12)11-13-8-16(17(22-2)20-10-13)14-4-3-5-15(18)9-14/h3-10H,11H2,1-2H3. The Balaban J connectivity index is 2.01. The molecule has 0 fully saturated rings. The molecule has 0 unspecified atom stereocenters. The van der Waals surface area contributed by atoms with Crippen LogP contribution in [0.25, 0.3) is 11.1 Å². The second kappa shape index (κ2) is 6.20. The van der Waals surface area contributed by atoms with E-state index in [0.29, 0.717) is 10.9 Å².